The van der Waals surface area contributed by atoms with Gasteiger partial charge in [0.1, 0.15) is 5.82 Å². The number of imidazole rings is 1. The van der Waals surface area contributed by atoms with Crippen molar-refractivity contribution in [2.75, 3.05) is 0 Å². The zero-order valence-corrected chi connectivity index (χ0v) is 14.6. The van der Waals surface area contributed by atoms with E-state index in [9.17, 15) is 12.8 Å². The summed E-state index contributed by atoms with van der Waals surface area (Å²) in [4.78, 5) is 3.91. The van der Waals surface area contributed by atoms with Crippen LogP contribution in [0.3, 0.4) is 0 Å². The average Bonchev–Trinajstić information content (AvgIpc) is 3.10. The van der Waals surface area contributed by atoms with Crippen LogP contribution in [-0.4, -0.2) is 18.0 Å². The Balaban J connectivity index is 1.65. The Bertz CT molecular complexity index is 958. The van der Waals surface area contributed by atoms with Crippen molar-refractivity contribution in [3.05, 3.63) is 83.2 Å². The monoisotopic (exact) mass is 379 g/mol. The molecule has 2 aromatic carbocycles. The van der Waals surface area contributed by atoms with E-state index >= 15 is 0 Å². The minimum Gasteiger partial charge on any atom is -0.333 e. The Morgan fingerprint density at radius 1 is 1.12 bits per heavy atom. The van der Waals surface area contributed by atoms with Crippen molar-refractivity contribution >= 4 is 21.6 Å². The molecule has 0 aliphatic carbocycles. The summed E-state index contributed by atoms with van der Waals surface area (Å²) >= 11 is 5.64. The van der Waals surface area contributed by atoms with Gasteiger partial charge in [-0.3, -0.25) is 0 Å². The second kappa shape index (κ2) is 7.35. The summed E-state index contributed by atoms with van der Waals surface area (Å²) in [6.45, 7) is 0.822. The molecule has 3 rings (SSSR count). The third-order valence-electron chi connectivity index (χ3n) is 3.61. The van der Waals surface area contributed by atoms with Gasteiger partial charge >= 0.3 is 0 Å². The molecule has 0 saturated heterocycles. The second-order valence-corrected chi connectivity index (χ2v) is 7.63. The van der Waals surface area contributed by atoms with Gasteiger partial charge in [-0.1, -0.05) is 35.9 Å². The zero-order chi connectivity index (χ0) is 17.9. The SMILES string of the molecule is O=S(=O)(NCc1ccc(Cn2ccnc2)cc1)c1ccc(F)c(Cl)c1. The van der Waals surface area contributed by atoms with Crippen LogP contribution in [-0.2, 0) is 23.1 Å². The Hall–Kier alpha value is -2.22. The lowest BCUT2D eigenvalue weighted by atomic mass is 10.1. The van der Waals surface area contributed by atoms with E-state index in [1.54, 1.807) is 12.5 Å². The number of rotatable bonds is 6. The van der Waals surface area contributed by atoms with Gasteiger partial charge in [0.15, 0.2) is 0 Å². The first-order chi connectivity index (χ1) is 11.9. The van der Waals surface area contributed by atoms with Gasteiger partial charge < -0.3 is 4.57 Å². The number of aromatic nitrogens is 2. The Kier molecular flexibility index (Phi) is 5.17. The second-order valence-electron chi connectivity index (χ2n) is 5.45. The van der Waals surface area contributed by atoms with Gasteiger partial charge in [0, 0.05) is 25.5 Å². The molecule has 25 heavy (non-hydrogen) atoms. The molecule has 0 saturated carbocycles. The van der Waals surface area contributed by atoms with Crippen molar-refractivity contribution in [1.82, 2.24) is 14.3 Å². The molecule has 3 aromatic rings. The lowest BCUT2D eigenvalue weighted by Gasteiger charge is -2.08. The van der Waals surface area contributed by atoms with Gasteiger partial charge in [0.05, 0.1) is 16.2 Å². The molecule has 1 N–H and O–H groups in total. The Morgan fingerprint density at radius 2 is 1.84 bits per heavy atom. The lowest BCUT2D eigenvalue weighted by Crippen LogP contribution is -2.23. The molecule has 0 atom stereocenters. The van der Waals surface area contributed by atoms with Crippen LogP contribution in [0.25, 0.3) is 0 Å². The van der Waals surface area contributed by atoms with E-state index in [0.29, 0.717) is 6.54 Å². The maximum atomic E-state index is 13.2. The fraction of sp³-hybridized carbons (Fsp3) is 0.118. The topological polar surface area (TPSA) is 64.0 Å². The average molecular weight is 380 g/mol. The maximum absolute atomic E-state index is 13.2. The van der Waals surface area contributed by atoms with E-state index in [-0.39, 0.29) is 16.5 Å². The van der Waals surface area contributed by atoms with Crippen molar-refractivity contribution in [2.45, 2.75) is 18.0 Å². The van der Waals surface area contributed by atoms with Gasteiger partial charge in [-0.15, -0.1) is 0 Å². The van der Waals surface area contributed by atoms with Gasteiger partial charge in [0.25, 0.3) is 0 Å². The largest absolute Gasteiger partial charge is 0.333 e. The highest BCUT2D eigenvalue weighted by molar-refractivity contribution is 7.89. The molecule has 1 aromatic heterocycles. The minimum absolute atomic E-state index is 0.0735. The normalized spacial score (nSPS) is 11.6. The molecule has 0 aliphatic rings. The van der Waals surface area contributed by atoms with Gasteiger partial charge in [-0.2, -0.15) is 0 Å². The van der Waals surface area contributed by atoms with Crippen LogP contribution in [0.2, 0.25) is 5.02 Å². The summed E-state index contributed by atoms with van der Waals surface area (Å²) in [6, 6.07) is 10.9. The number of hydrogen-bond donors (Lipinski definition) is 1. The smallest absolute Gasteiger partial charge is 0.240 e. The standard InChI is InChI=1S/C17H15ClFN3O2S/c18-16-9-15(5-6-17(16)19)25(23,24)21-10-13-1-3-14(4-2-13)11-22-8-7-20-12-22/h1-9,12,21H,10-11H2. The summed E-state index contributed by atoms with van der Waals surface area (Å²) in [6.07, 6.45) is 5.32. The molecule has 0 spiro atoms. The van der Waals surface area contributed by atoms with E-state index in [1.165, 1.54) is 6.07 Å². The molecule has 0 unspecified atom stereocenters. The number of nitrogens with one attached hydrogen (secondary N) is 1. The molecule has 5 nitrogen and oxygen atoms in total. The first-order valence-corrected chi connectivity index (χ1v) is 9.28. The summed E-state index contributed by atoms with van der Waals surface area (Å²) in [7, 11) is -3.76. The van der Waals surface area contributed by atoms with Gasteiger partial charge in [-0.05, 0) is 29.3 Å². The van der Waals surface area contributed by atoms with Crippen molar-refractivity contribution in [2.24, 2.45) is 0 Å². The zero-order valence-electron chi connectivity index (χ0n) is 13.1. The maximum Gasteiger partial charge on any atom is 0.240 e. The number of nitrogens with zero attached hydrogens (tertiary/aromatic N) is 2. The quantitative estimate of drug-likeness (QED) is 0.715. The van der Waals surface area contributed by atoms with E-state index < -0.39 is 15.8 Å². The minimum atomic E-state index is -3.76. The van der Waals surface area contributed by atoms with E-state index in [0.717, 1.165) is 23.3 Å². The third kappa shape index (κ3) is 4.45. The van der Waals surface area contributed by atoms with Crippen LogP contribution in [0.1, 0.15) is 11.1 Å². The third-order valence-corrected chi connectivity index (χ3v) is 5.30. The molecule has 1 heterocycles. The fourth-order valence-corrected chi connectivity index (χ4v) is 3.55. The lowest BCUT2D eigenvalue weighted by molar-refractivity contribution is 0.580. The number of benzene rings is 2. The van der Waals surface area contributed by atoms with Crippen molar-refractivity contribution < 1.29 is 12.8 Å². The predicted molar refractivity (Wildman–Crippen MR) is 93.2 cm³/mol. The first kappa shape index (κ1) is 17.6. The molecule has 8 heteroatoms. The predicted octanol–water partition coefficient (Wildman–Crippen LogP) is 3.20. The van der Waals surface area contributed by atoms with Crippen LogP contribution in [0, 0.1) is 5.82 Å². The fourth-order valence-electron chi connectivity index (χ4n) is 2.26. The summed E-state index contributed by atoms with van der Waals surface area (Å²) in [5.74, 6) is -0.658. The highest BCUT2D eigenvalue weighted by Crippen LogP contribution is 2.19. The van der Waals surface area contributed by atoms with Gasteiger partial charge in [-0.25, -0.2) is 22.5 Å². The van der Waals surface area contributed by atoms with Crippen LogP contribution in [0.5, 0.6) is 0 Å². The summed E-state index contributed by atoms with van der Waals surface area (Å²) < 4.78 is 42.1. The molecule has 0 amide bonds. The van der Waals surface area contributed by atoms with Crippen LogP contribution < -0.4 is 4.72 Å². The summed E-state index contributed by atoms with van der Waals surface area (Å²) in [5.41, 5.74) is 1.89. The highest BCUT2D eigenvalue weighted by Gasteiger charge is 2.15. The molecular weight excluding hydrogens is 365 g/mol. The van der Waals surface area contributed by atoms with E-state index in [2.05, 4.69) is 9.71 Å². The van der Waals surface area contributed by atoms with Crippen LogP contribution in [0.4, 0.5) is 4.39 Å². The Morgan fingerprint density at radius 3 is 2.48 bits per heavy atom. The number of hydrogen-bond acceptors (Lipinski definition) is 3. The van der Waals surface area contributed by atoms with Crippen molar-refractivity contribution in [3.63, 3.8) is 0 Å². The molecule has 0 aliphatic heterocycles. The molecule has 130 valence electrons. The number of sulfonamides is 1. The van der Waals surface area contributed by atoms with E-state index in [1.807, 2.05) is 35.0 Å². The van der Waals surface area contributed by atoms with Crippen LogP contribution >= 0.6 is 11.6 Å². The Labute approximate surface area is 150 Å². The van der Waals surface area contributed by atoms with E-state index in [4.69, 9.17) is 11.6 Å². The molecule has 0 bridgehead atoms. The van der Waals surface area contributed by atoms with Crippen molar-refractivity contribution in [1.29, 1.82) is 0 Å². The molecule has 0 fully saturated rings. The molecular formula is C17H15ClFN3O2S. The first-order valence-electron chi connectivity index (χ1n) is 7.42. The van der Waals surface area contributed by atoms with Gasteiger partial charge in [0.2, 0.25) is 10.0 Å². The highest BCUT2D eigenvalue weighted by atomic mass is 35.5. The van der Waals surface area contributed by atoms with Crippen molar-refractivity contribution in [3.8, 4) is 0 Å². The van der Waals surface area contributed by atoms with Crippen LogP contribution in [0.15, 0.2) is 66.1 Å². The summed E-state index contributed by atoms with van der Waals surface area (Å²) in [5, 5.41) is -0.230. The molecule has 0 radical (unpaired) electrons. The number of halogens is 2.